The van der Waals surface area contributed by atoms with Crippen molar-refractivity contribution in [2.75, 3.05) is 13.7 Å². The van der Waals surface area contributed by atoms with E-state index in [2.05, 4.69) is 12.2 Å². The van der Waals surface area contributed by atoms with E-state index in [1.807, 2.05) is 6.08 Å². The number of hydrogen-bond donors (Lipinski definition) is 2. The molecule has 1 heterocycles. The summed E-state index contributed by atoms with van der Waals surface area (Å²) in [5, 5.41) is 14.0. The summed E-state index contributed by atoms with van der Waals surface area (Å²) in [6, 6.07) is -0.209. The Morgan fingerprint density at radius 1 is 0.968 bits per heavy atom. The van der Waals surface area contributed by atoms with Gasteiger partial charge in [0.25, 0.3) is 0 Å². The van der Waals surface area contributed by atoms with Crippen LogP contribution in [0, 0.1) is 0 Å². The zero-order valence-corrected chi connectivity index (χ0v) is 19.9. The lowest BCUT2D eigenvalue weighted by Gasteiger charge is -2.49. The molecule has 1 saturated heterocycles. The summed E-state index contributed by atoms with van der Waals surface area (Å²) in [5.41, 5.74) is -1.26. The number of unbranched alkanes of at least 4 members (excludes halogenated alkanes) is 12. The molecule has 0 bridgehead atoms. The SMILES string of the molecule is CCCCCCCCCCCCCCCC(=O)N[C@@H]1CO[C@@]2(OC)C=CC=C[C@@]2(O)C1. The predicted molar refractivity (Wildman–Crippen MR) is 126 cm³/mol. The highest BCUT2D eigenvalue weighted by atomic mass is 16.7. The van der Waals surface area contributed by atoms with Crippen molar-refractivity contribution in [2.45, 2.75) is 121 Å². The maximum atomic E-state index is 12.3. The van der Waals surface area contributed by atoms with Gasteiger partial charge in [0, 0.05) is 20.0 Å². The smallest absolute Gasteiger partial charge is 0.221 e. The molecule has 1 fully saturated rings. The third-order valence-corrected chi connectivity index (χ3v) is 6.63. The van der Waals surface area contributed by atoms with E-state index in [1.54, 1.807) is 18.2 Å². The number of carbonyl (C=O) groups excluding carboxylic acids is 1. The molecule has 5 nitrogen and oxygen atoms in total. The fourth-order valence-corrected chi connectivity index (χ4v) is 4.70. The van der Waals surface area contributed by atoms with Gasteiger partial charge in [0.15, 0.2) is 0 Å². The molecule has 2 N–H and O–H groups in total. The van der Waals surface area contributed by atoms with E-state index in [1.165, 1.54) is 77.7 Å². The van der Waals surface area contributed by atoms with Crippen LogP contribution in [0.1, 0.15) is 103 Å². The fraction of sp³-hybridized carbons (Fsp3) is 0.808. The van der Waals surface area contributed by atoms with Crippen molar-refractivity contribution in [2.24, 2.45) is 0 Å². The highest BCUT2D eigenvalue weighted by Crippen LogP contribution is 2.40. The number of fused-ring (bicyclic) bond motifs is 1. The van der Waals surface area contributed by atoms with Crippen LogP contribution in [0.25, 0.3) is 0 Å². The number of methoxy groups -OCH3 is 1. The van der Waals surface area contributed by atoms with Crippen molar-refractivity contribution in [1.82, 2.24) is 5.32 Å². The number of carbonyl (C=O) groups is 1. The Morgan fingerprint density at radius 3 is 2.10 bits per heavy atom. The number of allylic oxidation sites excluding steroid dienone is 2. The van der Waals surface area contributed by atoms with Gasteiger partial charge in [0.05, 0.1) is 12.6 Å². The van der Waals surface area contributed by atoms with E-state index < -0.39 is 11.4 Å². The molecule has 0 unspecified atom stereocenters. The highest BCUT2D eigenvalue weighted by Gasteiger charge is 2.54. The van der Waals surface area contributed by atoms with Crippen molar-refractivity contribution in [3.05, 3.63) is 24.3 Å². The Labute approximate surface area is 189 Å². The first-order chi connectivity index (χ1) is 15.1. The van der Waals surface area contributed by atoms with E-state index in [-0.39, 0.29) is 11.9 Å². The van der Waals surface area contributed by atoms with Crippen LogP contribution >= 0.6 is 0 Å². The Balaban J connectivity index is 1.48. The maximum absolute atomic E-state index is 12.3. The van der Waals surface area contributed by atoms with Gasteiger partial charge < -0.3 is 19.9 Å². The summed E-state index contributed by atoms with van der Waals surface area (Å²) < 4.78 is 11.3. The summed E-state index contributed by atoms with van der Waals surface area (Å²) in [7, 11) is 1.53. The lowest BCUT2D eigenvalue weighted by atomic mass is 9.80. The maximum Gasteiger partial charge on any atom is 0.221 e. The van der Waals surface area contributed by atoms with E-state index in [0.717, 1.165) is 12.8 Å². The molecule has 1 amide bonds. The monoisotopic (exact) mass is 435 g/mol. The molecule has 1 aliphatic carbocycles. The third-order valence-electron chi connectivity index (χ3n) is 6.63. The summed E-state index contributed by atoms with van der Waals surface area (Å²) in [5.74, 6) is -1.11. The molecule has 2 aliphatic rings. The number of aliphatic hydroxyl groups is 1. The number of amides is 1. The minimum atomic E-state index is -1.26. The molecule has 0 aromatic rings. The van der Waals surface area contributed by atoms with Gasteiger partial charge >= 0.3 is 0 Å². The average molecular weight is 436 g/mol. The summed E-state index contributed by atoms with van der Waals surface area (Å²) in [4.78, 5) is 12.3. The van der Waals surface area contributed by atoms with E-state index in [0.29, 0.717) is 19.4 Å². The number of ether oxygens (including phenoxy) is 2. The Kier molecular flexibility index (Phi) is 11.8. The molecular weight excluding hydrogens is 390 g/mol. The molecule has 31 heavy (non-hydrogen) atoms. The first-order valence-corrected chi connectivity index (χ1v) is 12.6. The van der Waals surface area contributed by atoms with Crippen LogP contribution in [0.5, 0.6) is 0 Å². The number of nitrogens with one attached hydrogen (secondary N) is 1. The number of rotatable bonds is 16. The molecule has 2 rings (SSSR count). The zero-order valence-electron chi connectivity index (χ0n) is 19.9. The van der Waals surface area contributed by atoms with Gasteiger partial charge in [-0.3, -0.25) is 4.79 Å². The van der Waals surface area contributed by atoms with Gasteiger partial charge in [-0.05, 0) is 18.6 Å². The summed E-state index contributed by atoms with van der Waals surface area (Å²) >= 11 is 0. The third kappa shape index (κ3) is 8.36. The van der Waals surface area contributed by atoms with Crippen LogP contribution in [-0.4, -0.2) is 42.2 Å². The lowest BCUT2D eigenvalue weighted by Crippen LogP contribution is -2.64. The molecule has 0 aromatic carbocycles. The Hall–Kier alpha value is -1.17. The second-order valence-corrected chi connectivity index (χ2v) is 9.29. The molecular formula is C26H45NO4. The van der Waals surface area contributed by atoms with Crippen LogP contribution in [0.4, 0.5) is 0 Å². The normalized spacial score (nSPS) is 27.3. The van der Waals surface area contributed by atoms with Crippen LogP contribution in [0.3, 0.4) is 0 Å². The van der Waals surface area contributed by atoms with Crippen molar-refractivity contribution < 1.29 is 19.4 Å². The number of hydrogen-bond acceptors (Lipinski definition) is 4. The Morgan fingerprint density at radius 2 is 1.52 bits per heavy atom. The van der Waals surface area contributed by atoms with Crippen LogP contribution in [0.15, 0.2) is 24.3 Å². The van der Waals surface area contributed by atoms with Gasteiger partial charge in [-0.25, -0.2) is 0 Å². The molecule has 5 heteroatoms. The van der Waals surface area contributed by atoms with Crippen molar-refractivity contribution in [1.29, 1.82) is 0 Å². The van der Waals surface area contributed by atoms with Crippen molar-refractivity contribution >= 4 is 5.91 Å². The predicted octanol–water partition coefficient (Wildman–Crippen LogP) is 5.57. The fourth-order valence-electron chi connectivity index (χ4n) is 4.70. The molecule has 0 radical (unpaired) electrons. The molecule has 0 aromatic heterocycles. The van der Waals surface area contributed by atoms with Crippen molar-refractivity contribution in [3.8, 4) is 0 Å². The van der Waals surface area contributed by atoms with Crippen molar-refractivity contribution in [3.63, 3.8) is 0 Å². The molecule has 1 aliphatic heterocycles. The summed E-state index contributed by atoms with van der Waals surface area (Å²) in [6.07, 6.45) is 24.8. The topological polar surface area (TPSA) is 67.8 Å². The van der Waals surface area contributed by atoms with Crippen LogP contribution in [-0.2, 0) is 14.3 Å². The quantitative estimate of drug-likeness (QED) is 0.311. The van der Waals surface area contributed by atoms with Gasteiger partial charge in [0.1, 0.15) is 5.60 Å². The van der Waals surface area contributed by atoms with Crippen LogP contribution in [0.2, 0.25) is 0 Å². The van der Waals surface area contributed by atoms with Gasteiger partial charge in [-0.1, -0.05) is 96.1 Å². The molecule has 0 saturated carbocycles. The van der Waals surface area contributed by atoms with Crippen LogP contribution < -0.4 is 5.32 Å². The van der Waals surface area contributed by atoms with E-state index >= 15 is 0 Å². The first-order valence-electron chi connectivity index (χ1n) is 12.6. The second-order valence-electron chi connectivity index (χ2n) is 9.29. The van der Waals surface area contributed by atoms with Gasteiger partial charge in [-0.15, -0.1) is 0 Å². The first kappa shape index (κ1) is 26.1. The second kappa shape index (κ2) is 14.1. The lowest BCUT2D eigenvalue weighted by molar-refractivity contribution is -0.293. The zero-order chi connectivity index (χ0) is 22.4. The largest absolute Gasteiger partial charge is 0.380 e. The highest BCUT2D eigenvalue weighted by molar-refractivity contribution is 5.76. The molecule has 178 valence electrons. The molecule has 3 atom stereocenters. The van der Waals surface area contributed by atoms with Gasteiger partial charge in [-0.2, -0.15) is 0 Å². The standard InChI is InChI=1S/C26H45NO4/c1-3-4-5-6-7-8-9-10-11-12-13-14-15-18-24(28)27-23-21-25(29)19-16-17-20-26(25,30-2)31-22-23/h16-17,19-20,23,29H,3-15,18,21-22H2,1-2H3,(H,27,28)/t23-,25+,26-/m0/s1. The van der Waals surface area contributed by atoms with E-state index in [9.17, 15) is 9.90 Å². The minimum Gasteiger partial charge on any atom is -0.380 e. The summed E-state index contributed by atoms with van der Waals surface area (Å²) in [6.45, 7) is 2.60. The minimum absolute atomic E-state index is 0.0421. The average Bonchev–Trinajstić information content (AvgIpc) is 2.76. The van der Waals surface area contributed by atoms with E-state index in [4.69, 9.17) is 9.47 Å². The Bertz CT molecular complexity index is 576. The van der Waals surface area contributed by atoms with Gasteiger partial charge in [0.2, 0.25) is 11.7 Å². The molecule has 0 spiro atoms.